The molecule has 4 heterocycles. The van der Waals surface area contributed by atoms with Crippen molar-refractivity contribution >= 4 is 12.0 Å². The summed E-state index contributed by atoms with van der Waals surface area (Å²) in [6.45, 7) is 5.55. The van der Waals surface area contributed by atoms with E-state index in [1.165, 1.54) is 30.2 Å². The van der Waals surface area contributed by atoms with Crippen molar-refractivity contribution in [3.63, 3.8) is 0 Å². The summed E-state index contributed by atoms with van der Waals surface area (Å²) in [6, 6.07) is 14.9. The third-order valence-corrected chi connectivity index (χ3v) is 9.79. The minimum atomic E-state index is -0.653. The lowest BCUT2D eigenvalue weighted by Crippen LogP contribution is -2.51. The lowest BCUT2D eigenvalue weighted by Gasteiger charge is -2.30. The minimum absolute atomic E-state index is 0. The first-order valence-electron chi connectivity index (χ1n) is 16.7. The van der Waals surface area contributed by atoms with Gasteiger partial charge in [-0.15, -0.1) is 0 Å². The summed E-state index contributed by atoms with van der Waals surface area (Å²) in [5.74, 6) is 1.68. The van der Waals surface area contributed by atoms with E-state index in [-0.39, 0.29) is 19.3 Å². The van der Waals surface area contributed by atoms with Crippen LogP contribution in [0.3, 0.4) is 0 Å². The van der Waals surface area contributed by atoms with Crippen LogP contribution in [0, 0.1) is 5.92 Å². The first kappa shape index (κ1) is 30.2. The van der Waals surface area contributed by atoms with Crippen molar-refractivity contribution in [1.29, 1.82) is 0 Å². The second kappa shape index (κ2) is 12.7. The molecule has 0 bridgehead atoms. The molecular weight excluding hydrogens is 578 g/mol. The van der Waals surface area contributed by atoms with Gasteiger partial charge in [0, 0.05) is 19.2 Å². The highest BCUT2D eigenvalue weighted by Crippen LogP contribution is 2.38. The van der Waals surface area contributed by atoms with E-state index in [0.29, 0.717) is 12.6 Å². The van der Waals surface area contributed by atoms with Crippen LogP contribution in [-0.4, -0.2) is 63.1 Å². The van der Waals surface area contributed by atoms with E-state index in [2.05, 4.69) is 68.1 Å². The number of carbonyl (C=O) groups is 2. The molecule has 10 nitrogen and oxygen atoms in total. The van der Waals surface area contributed by atoms with Crippen LogP contribution in [0.4, 0.5) is 4.79 Å². The SMILES string of the molecule is COC(=O)N[C@H](C(=O)N1CCC[C@H]1c1nc2c([nH]1)CCCc1cc(-c3ccc(-c4cnc([C@@H]5CCCN5)[nH]4)cc3)ccc1-2)C(C)C.[HH]. The molecule has 0 spiro atoms. The highest BCUT2D eigenvalue weighted by Gasteiger charge is 2.38. The number of fused-ring (bicyclic) bond motifs is 3. The first-order chi connectivity index (χ1) is 22.4. The Morgan fingerprint density at radius 1 is 0.978 bits per heavy atom. The number of aromatic amines is 2. The number of methoxy groups -OCH3 is 1. The summed E-state index contributed by atoms with van der Waals surface area (Å²) >= 11 is 0. The van der Waals surface area contributed by atoms with E-state index in [1.807, 2.05) is 24.9 Å². The van der Waals surface area contributed by atoms with Gasteiger partial charge in [0.2, 0.25) is 5.91 Å². The summed E-state index contributed by atoms with van der Waals surface area (Å²) in [6.07, 6.45) is 8.29. The van der Waals surface area contributed by atoms with Crippen LogP contribution in [0.25, 0.3) is 33.6 Å². The van der Waals surface area contributed by atoms with Gasteiger partial charge in [-0.2, -0.15) is 0 Å². The molecule has 4 aromatic rings. The maximum Gasteiger partial charge on any atom is 0.407 e. The Bertz CT molecular complexity index is 1720. The third kappa shape index (κ3) is 5.82. The zero-order valence-electron chi connectivity index (χ0n) is 26.9. The van der Waals surface area contributed by atoms with Gasteiger partial charge < -0.3 is 30.2 Å². The van der Waals surface area contributed by atoms with Crippen LogP contribution in [0.15, 0.2) is 48.7 Å². The van der Waals surface area contributed by atoms with Gasteiger partial charge in [0.05, 0.1) is 36.8 Å². The molecule has 2 aromatic carbocycles. The van der Waals surface area contributed by atoms with Gasteiger partial charge in [0.1, 0.15) is 17.7 Å². The Labute approximate surface area is 271 Å². The number of amides is 2. The standard InChI is InChI=1S/C36H43N7O3.H2/c1-21(2)31(42-36(45)46-3)35(44)43-18-6-10-30(43)34-39-27-8-4-7-25-19-24(15-16-26(25)32(27)41-34)22-11-13-23(14-12-22)29-20-38-33(40-29)28-9-5-17-37-28;/h11-16,19-21,28,30-31,37H,4-10,17-18H2,1-3H3,(H,38,40)(H,39,41)(H,42,45);1H/t28-,30-,31-;/m0./s1. The lowest BCUT2D eigenvalue weighted by atomic mass is 9.95. The van der Waals surface area contributed by atoms with E-state index < -0.39 is 12.1 Å². The molecule has 4 N–H and O–H groups in total. The van der Waals surface area contributed by atoms with Crippen molar-refractivity contribution < 1.29 is 15.8 Å². The van der Waals surface area contributed by atoms with Crippen LogP contribution >= 0.6 is 0 Å². The van der Waals surface area contributed by atoms with Crippen molar-refractivity contribution in [2.45, 2.75) is 76.9 Å². The largest absolute Gasteiger partial charge is 0.453 e. The predicted molar refractivity (Wildman–Crippen MR) is 179 cm³/mol. The van der Waals surface area contributed by atoms with E-state index in [0.717, 1.165) is 84.9 Å². The number of likely N-dealkylation sites (tertiary alicyclic amines) is 1. The van der Waals surface area contributed by atoms with Gasteiger partial charge in [-0.05, 0) is 79.7 Å². The van der Waals surface area contributed by atoms with E-state index in [4.69, 9.17) is 9.72 Å². The summed E-state index contributed by atoms with van der Waals surface area (Å²) < 4.78 is 4.79. The second-order valence-electron chi connectivity index (χ2n) is 13.1. The maximum absolute atomic E-state index is 13.7. The fraction of sp³-hybridized carbons (Fsp3) is 0.444. The Kier molecular flexibility index (Phi) is 8.38. The maximum atomic E-state index is 13.7. The second-order valence-corrected chi connectivity index (χ2v) is 13.1. The number of alkyl carbamates (subject to hydrolysis) is 1. The number of aryl methyl sites for hydroxylation is 2. The number of benzene rings is 2. The fourth-order valence-electron chi connectivity index (χ4n) is 7.27. The minimum Gasteiger partial charge on any atom is -0.453 e. The van der Waals surface area contributed by atoms with Crippen molar-refractivity contribution in [3.8, 4) is 33.6 Å². The van der Waals surface area contributed by atoms with Crippen molar-refractivity contribution in [1.82, 2.24) is 35.5 Å². The van der Waals surface area contributed by atoms with Gasteiger partial charge in [0.15, 0.2) is 0 Å². The zero-order valence-corrected chi connectivity index (χ0v) is 26.9. The fourth-order valence-corrected chi connectivity index (χ4v) is 7.27. The molecule has 2 aromatic heterocycles. The molecule has 2 saturated heterocycles. The monoisotopic (exact) mass is 623 g/mol. The van der Waals surface area contributed by atoms with Crippen LogP contribution in [0.5, 0.6) is 0 Å². The van der Waals surface area contributed by atoms with E-state index in [1.54, 1.807) is 0 Å². The zero-order chi connectivity index (χ0) is 31.8. The number of aromatic nitrogens is 4. The molecule has 2 aliphatic heterocycles. The normalized spacial score (nSPS) is 19.9. The molecular formula is C36H45N7O3. The Morgan fingerprint density at radius 2 is 1.78 bits per heavy atom. The summed E-state index contributed by atoms with van der Waals surface area (Å²) in [5.41, 5.74) is 9.11. The average molecular weight is 624 g/mol. The quantitative estimate of drug-likeness (QED) is 0.190. The predicted octanol–water partition coefficient (Wildman–Crippen LogP) is 6.34. The molecule has 2 fully saturated rings. The number of ether oxygens (including phenoxy) is 1. The number of H-pyrrole nitrogens is 2. The molecule has 46 heavy (non-hydrogen) atoms. The number of nitrogens with one attached hydrogen (secondary N) is 4. The molecule has 0 radical (unpaired) electrons. The molecule has 1 aliphatic carbocycles. The van der Waals surface area contributed by atoms with Gasteiger partial charge in [-0.3, -0.25) is 4.79 Å². The van der Waals surface area contributed by atoms with Crippen LogP contribution in [-0.2, 0) is 22.4 Å². The van der Waals surface area contributed by atoms with Gasteiger partial charge >= 0.3 is 6.09 Å². The van der Waals surface area contributed by atoms with E-state index in [9.17, 15) is 9.59 Å². The molecule has 3 atom stereocenters. The molecule has 0 saturated carbocycles. The Hall–Kier alpha value is -4.44. The summed E-state index contributed by atoms with van der Waals surface area (Å²) in [7, 11) is 1.31. The molecule has 2 amide bonds. The van der Waals surface area contributed by atoms with Gasteiger partial charge in [0.25, 0.3) is 0 Å². The number of rotatable bonds is 7. The van der Waals surface area contributed by atoms with E-state index >= 15 is 0 Å². The topological polar surface area (TPSA) is 128 Å². The summed E-state index contributed by atoms with van der Waals surface area (Å²) in [4.78, 5) is 44.4. The van der Waals surface area contributed by atoms with Crippen molar-refractivity contribution in [2.75, 3.05) is 20.2 Å². The number of nitrogens with zero attached hydrogens (tertiary/aromatic N) is 3. The Morgan fingerprint density at radius 3 is 2.54 bits per heavy atom. The number of carbonyl (C=O) groups excluding carboxylic acids is 2. The van der Waals surface area contributed by atoms with Crippen LogP contribution in [0.1, 0.15) is 82.4 Å². The van der Waals surface area contributed by atoms with Crippen molar-refractivity contribution in [2.24, 2.45) is 5.92 Å². The van der Waals surface area contributed by atoms with Gasteiger partial charge in [-0.25, -0.2) is 14.8 Å². The third-order valence-electron chi connectivity index (χ3n) is 9.79. The molecule has 7 rings (SSSR count). The van der Waals surface area contributed by atoms with Crippen molar-refractivity contribution in [3.05, 3.63) is 71.6 Å². The Balaban J connectivity index is 0.00000386. The molecule has 10 heteroatoms. The molecule has 3 aliphatic rings. The number of hydrogen-bond donors (Lipinski definition) is 4. The van der Waals surface area contributed by atoms with Crippen LogP contribution in [0.2, 0.25) is 0 Å². The molecule has 0 unspecified atom stereocenters. The molecule has 242 valence electrons. The van der Waals surface area contributed by atoms with Crippen LogP contribution < -0.4 is 10.6 Å². The number of hydrogen-bond acceptors (Lipinski definition) is 6. The lowest BCUT2D eigenvalue weighted by molar-refractivity contribution is -0.135. The first-order valence-corrected chi connectivity index (χ1v) is 16.7. The van der Waals surface area contributed by atoms with Gasteiger partial charge in [-0.1, -0.05) is 56.3 Å². The number of imidazole rings is 2. The summed E-state index contributed by atoms with van der Waals surface area (Å²) in [5, 5.41) is 6.25. The smallest absolute Gasteiger partial charge is 0.407 e. The average Bonchev–Trinajstić information content (AvgIpc) is 3.89. The highest BCUT2D eigenvalue weighted by molar-refractivity contribution is 5.86. The highest BCUT2D eigenvalue weighted by atomic mass is 16.5.